The molecule has 2 aliphatic heterocycles. The lowest BCUT2D eigenvalue weighted by atomic mass is 10.0. The summed E-state index contributed by atoms with van der Waals surface area (Å²) in [7, 11) is 1.57. The summed E-state index contributed by atoms with van der Waals surface area (Å²) < 4.78 is 21.8. The standard InChI is InChI=1S/C25H25N3O6/c1-31-23-9-7-20-24(27-23)16(10-11-26-20)2-4-18(29)5-6-19-15-28(25(30)34-19)17-3-8-21-22(14-17)33-13-12-32-21/h3,7-11,14,19H,2,4-6,12-13,15H2,1H3. The highest BCUT2D eigenvalue weighted by molar-refractivity contribution is 5.90. The van der Waals surface area contributed by atoms with Gasteiger partial charge >= 0.3 is 6.09 Å². The Morgan fingerprint density at radius 3 is 2.82 bits per heavy atom. The molecule has 1 fully saturated rings. The number of pyridine rings is 2. The molecule has 0 bridgehead atoms. The molecule has 4 heterocycles. The first-order chi connectivity index (χ1) is 16.6. The topological polar surface area (TPSA) is 100 Å². The lowest BCUT2D eigenvalue weighted by Crippen LogP contribution is -2.25. The summed E-state index contributed by atoms with van der Waals surface area (Å²) in [5, 5.41) is 0. The molecule has 0 saturated carbocycles. The molecule has 2 aliphatic rings. The van der Waals surface area contributed by atoms with Crippen molar-refractivity contribution in [1.29, 1.82) is 0 Å². The minimum atomic E-state index is -0.419. The van der Waals surface area contributed by atoms with Gasteiger partial charge in [0.2, 0.25) is 5.88 Å². The van der Waals surface area contributed by atoms with Gasteiger partial charge in [0, 0.05) is 31.2 Å². The Morgan fingerprint density at radius 2 is 1.97 bits per heavy atom. The summed E-state index contributed by atoms with van der Waals surface area (Å²) in [6.45, 7) is 1.38. The molecule has 176 valence electrons. The van der Waals surface area contributed by atoms with E-state index in [-0.39, 0.29) is 11.9 Å². The maximum absolute atomic E-state index is 12.6. The highest BCUT2D eigenvalue weighted by atomic mass is 16.6. The van der Waals surface area contributed by atoms with Crippen LogP contribution >= 0.6 is 0 Å². The summed E-state index contributed by atoms with van der Waals surface area (Å²) in [6, 6.07) is 10.9. The van der Waals surface area contributed by atoms with Gasteiger partial charge in [-0.25, -0.2) is 9.78 Å². The molecule has 1 atom stereocenters. The molecule has 34 heavy (non-hydrogen) atoms. The molecular formula is C25H25N3O6. The number of methoxy groups -OCH3 is 1. The van der Waals surface area contributed by atoms with E-state index in [4.69, 9.17) is 18.9 Å². The van der Waals surface area contributed by atoms with Crippen molar-refractivity contribution in [2.45, 2.75) is 31.8 Å². The number of fused-ring (bicyclic) bond motifs is 2. The Labute approximate surface area is 196 Å². The van der Waals surface area contributed by atoms with Gasteiger partial charge in [0.1, 0.15) is 25.1 Å². The summed E-state index contributed by atoms with van der Waals surface area (Å²) >= 11 is 0. The number of hydrogen-bond acceptors (Lipinski definition) is 8. The van der Waals surface area contributed by atoms with Crippen LogP contribution in [0.1, 0.15) is 24.8 Å². The largest absolute Gasteiger partial charge is 0.486 e. The predicted molar refractivity (Wildman–Crippen MR) is 124 cm³/mol. The SMILES string of the molecule is COc1ccc2nccc(CCC(=O)CCC3CN(c4ccc5c(c4)OCCO5)C(=O)O3)c2n1. The third-order valence-corrected chi connectivity index (χ3v) is 5.98. The number of amides is 1. The van der Waals surface area contributed by atoms with Crippen LogP contribution in [0.4, 0.5) is 10.5 Å². The second-order valence-electron chi connectivity index (χ2n) is 8.21. The van der Waals surface area contributed by atoms with E-state index in [0.717, 1.165) is 16.6 Å². The van der Waals surface area contributed by atoms with Crippen molar-refractivity contribution in [2.75, 3.05) is 31.8 Å². The molecule has 0 spiro atoms. The van der Waals surface area contributed by atoms with Crippen molar-refractivity contribution in [3.63, 3.8) is 0 Å². The van der Waals surface area contributed by atoms with Gasteiger partial charge < -0.3 is 18.9 Å². The van der Waals surface area contributed by atoms with Crippen molar-refractivity contribution < 1.29 is 28.5 Å². The van der Waals surface area contributed by atoms with Crippen LogP contribution in [0.3, 0.4) is 0 Å². The highest BCUT2D eigenvalue weighted by Crippen LogP contribution is 2.35. The average molecular weight is 463 g/mol. The van der Waals surface area contributed by atoms with Gasteiger partial charge in [-0.05, 0) is 42.7 Å². The van der Waals surface area contributed by atoms with Gasteiger partial charge in [0.05, 0.1) is 30.4 Å². The molecule has 2 aromatic heterocycles. The first kappa shape index (κ1) is 21.9. The van der Waals surface area contributed by atoms with E-state index in [1.807, 2.05) is 18.2 Å². The van der Waals surface area contributed by atoms with E-state index in [1.54, 1.807) is 36.4 Å². The molecule has 9 heteroatoms. The number of cyclic esters (lactones) is 1. The highest BCUT2D eigenvalue weighted by Gasteiger charge is 2.33. The van der Waals surface area contributed by atoms with E-state index in [9.17, 15) is 9.59 Å². The number of ether oxygens (including phenoxy) is 4. The molecule has 1 aromatic carbocycles. The number of ketones is 1. The summed E-state index contributed by atoms with van der Waals surface area (Å²) in [5.74, 6) is 1.91. The Hall–Kier alpha value is -3.88. The Bertz CT molecular complexity index is 1230. The van der Waals surface area contributed by atoms with Gasteiger partial charge in [-0.2, -0.15) is 0 Å². The zero-order chi connectivity index (χ0) is 23.5. The van der Waals surface area contributed by atoms with Crippen LogP contribution in [-0.2, 0) is 16.0 Å². The number of rotatable bonds is 8. The van der Waals surface area contributed by atoms with Crippen LogP contribution in [-0.4, -0.2) is 54.8 Å². The fraction of sp³-hybridized carbons (Fsp3) is 0.360. The molecule has 1 saturated heterocycles. The number of nitrogens with zero attached hydrogens (tertiary/aromatic N) is 3. The van der Waals surface area contributed by atoms with Crippen LogP contribution in [0.25, 0.3) is 11.0 Å². The number of carbonyl (C=O) groups is 2. The number of benzene rings is 1. The third-order valence-electron chi connectivity index (χ3n) is 5.98. The Morgan fingerprint density at radius 1 is 1.12 bits per heavy atom. The van der Waals surface area contributed by atoms with E-state index < -0.39 is 6.09 Å². The van der Waals surface area contributed by atoms with E-state index >= 15 is 0 Å². The zero-order valence-corrected chi connectivity index (χ0v) is 18.9. The van der Waals surface area contributed by atoms with E-state index in [2.05, 4.69) is 9.97 Å². The molecule has 0 aliphatic carbocycles. The third kappa shape index (κ3) is 4.59. The summed E-state index contributed by atoms with van der Waals surface area (Å²) in [4.78, 5) is 35.4. The lowest BCUT2D eigenvalue weighted by Gasteiger charge is -2.21. The predicted octanol–water partition coefficient (Wildman–Crippen LogP) is 3.72. The van der Waals surface area contributed by atoms with Gasteiger partial charge in [-0.3, -0.25) is 14.7 Å². The fourth-order valence-corrected chi connectivity index (χ4v) is 4.18. The number of carbonyl (C=O) groups excluding carboxylic acids is 2. The van der Waals surface area contributed by atoms with Crippen LogP contribution in [0.2, 0.25) is 0 Å². The normalized spacial score (nSPS) is 17.0. The first-order valence-corrected chi connectivity index (χ1v) is 11.3. The van der Waals surface area contributed by atoms with Crippen molar-refractivity contribution >= 4 is 28.6 Å². The molecule has 9 nitrogen and oxygen atoms in total. The van der Waals surface area contributed by atoms with E-state index in [0.29, 0.717) is 68.5 Å². The number of hydrogen-bond donors (Lipinski definition) is 0. The smallest absolute Gasteiger partial charge is 0.414 e. The number of Topliss-reactive ketones (excluding diaryl/α,β-unsaturated/α-hetero) is 1. The molecular weight excluding hydrogens is 438 g/mol. The van der Waals surface area contributed by atoms with Crippen molar-refractivity contribution in [3.05, 3.63) is 48.2 Å². The molecule has 5 rings (SSSR count). The van der Waals surface area contributed by atoms with Gasteiger partial charge in [0.25, 0.3) is 0 Å². The second kappa shape index (κ2) is 9.54. The summed E-state index contributed by atoms with van der Waals surface area (Å²) in [6.07, 6.45) is 2.73. The zero-order valence-electron chi connectivity index (χ0n) is 18.9. The van der Waals surface area contributed by atoms with Gasteiger partial charge in [-0.1, -0.05) is 0 Å². The minimum Gasteiger partial charge on any atom is -0.486 e. The van der Waals surface area contributed by atoms with Gasteiger partial charge in [-0.15, -0.1) is 0 Å². The van der Waals surface area contributed by atoms with E-state index in [1.165, 1.54) is 0 Å². The van der Waals surface area contributed by atoms with Crippen molar-refractivity contribution in [1.82, 2.24) is 9.97 Å². The summed E-state index contributed by atoms with van der Waals surface area (Å²) in [5.41, 5.74) is 3.15. The monoisotopic (exact) mass is 463 g/mol. The molecule has 1 unspecified atom stereocenters. The molecule has 3 aromatic rings. The van der Waals surface area contributed by atoms with Crippen LogP contribution in [0.5, 0.6) is 17.4 Å². The minimum absolute atomic E-state index is 0.113. The molecule has 0 radical (unpaired) electrons. The average Bonchev–Trinajstić information content (AvgIpc) is 3.25. The second-order valence-corrected chi connectivity index (χ2v) is 8.21. The maximum atomic E-state index is 12.6. The number of anilines is 1. The molecule has 0 N–H and O–H groups in total. The van der Waals surface area contributed by atoms with Crippen LogP contribution in [0.15, 0.2) is 42.6 Å². The fourth-order valence-electron chi connectivity index (χ4n) is 4.18. The van der Waals surface area contributed by atoms with Crippen molar-refractivity contribution in [3.8, 4) is 17.4 Å². The quantitative estimate of drug-likeness (QED) is 0.498. The maximum Gasteiger partial charge on any atom is 0.414 e. The van der Waals surface area contributed by atoms with Crippen LogP contribution < -0.4 is 19.1 Å². The number of aromatic nitrogens is 2. The first-order valence-electron chi connectivity index (χ1n) is 11.3. The Kier molecular flexibility index (Phi) is 6.16. The lowest BCUT2D eigenvalue weighted by molar-refractivity contribution is -0.119. The van der Waals surface area contributed by atoms with Crippen LogP contribution in [0, 0.1) is 0 Å². The Balaban J connectivity index is 1.15. The van der Waals surface area contributed by atoms with Crippen molar-refractivity contribution in [2.24, 2.45) is 0 Å². The number of aryl methyl sites for hydroxylation is 1. The molecule has 1 amide bonds. The van der Waals surface area contributed by atoms with Gasteiger partial charge in [0.15, 0.2) is 11.5 Å².